The summed E-state index contributed by atoms with van der Waals surface area (Å²) in [5, 5.41) is 2.90. The van der Waals surface area contributed by atoms with E-state index in [1.165, 1.54) is 0 Å². The Morgan fingerprint density at radius 3 is 2.45 bits per heavy atom. The second-order valence-corrected chi connectivity index (χ2v) is 6.97. The number of carbonyl (C=O) groups is 2. The van der Waals surface area contributed by atoms with Gasteiger partial charge in [-0.1, -0.05) is 26.8 Å². The van der Waals surface area contributed by atoms with Gasteiger partial charge in [0.25, 0.3) is 0 Å². The Morgan fingerprint density at radius 2 is 1.91 bits per heavy atom. The first-order chi connectivity index (χ1) is 10.3. The van der Waals surface area contributed by atoms with Crippen LogP contribution in [0.25, 0.3) is 0 Å². The highest BCUT2D eigenvalue weighted by atomic mass is 16.2. The Balaban J connectivity index is 1.90. The van der Waals surface area contributed by atoms with E-state index in [0.29, 0.717) is 31.7 Å². The monoisotopic (exact) mass is 303 g/mol. The van der Waals surface area contributed by atoms with E-state index in [4.69, 9.17) is 0 Å². The molecule has 1 aliphatic rings. The van der Waals surface area contributed by atoms with Crippen molar-refractivity contribution in [1.82, 2.24) is 9.88 Å². The number of hydrogen-bond donors (Lipinski definition) is 1. The van der Waals surface area contributed by atoms with Gasteiger partial charge >= 0.3 is 0 Å². The Hall–Kier alpha value is -1.91. The van der Waals surface area contributed by atoms with E-state index in [1.54, 1.807) is 6.20 Å². The summed E-state index contributed by atoms with van der Waals surface area (Å²) in [6.07, 6.45) is 3.09. The number of aromatic nitrogens is 1. The van der Waals surface area contributed by atoms with Gasteiger partial charge in [-0.3, -0.25) is 9.59 Å². The van der Waals surface area contributed by atoms with E-state index in [9.17, 15) is 9.59 Å². The highest BCUT2D eigenvalue weighted by molar-refractivity contribution is 5.92. The zero-order chi connectivity index (χ0) is 16.3. The lowest BCUT2D eigenvalue weighted by atomic mass is 9.90. The number of carbonyl (C=O) groups excluding carboxylic acids is 2. The van der Waals surface area contributed by atoms with Crippen molar-refractivity contribution < 1.29 is 9.59 Å². The van der Waals surface area contributed by atoms with Crippen molar-refractivity contribution in [3.63, 3.8) is 0 Å². The first-order valence-electron chi connectivity index (χ1n) is 7.81. The first-order valence-corrected chi connectivity index (χ1v) is 7.81. The number of amides is 2. The van der Waals surface area contributed by atoms with Gasteiger partial charge in [0.05, 0.1) is 0 Å². The summed E-state index contributed by atoms with van der Waals surface area (Å²) in [7, 11) is 0. The maximum atomic E-state index is 12.3. The van der Waals surface area contributed by atoms with Gasteiger partial charge in [0, 0.05) is 30.6 Å². The van der Waals surface area contributed by atoms with Crippen molar-refractivity contribution in [3.8, 4) is 0 Å². The summed E-state index contributed by atoms with van der Waals surface area (Å²) in [4.78, 5) is 30.6. The topological polar surface area (TPSA) is 62.3 Å². The van der Waals surface area contributed by atoms with E-state index in [2.05, 4.69) is 10.3 Å². The molecule has 5 heteroatoms. The molecule has 2 rings (SSSR count). The molecular formula is C17H25N3O2. The lowest BCUT2D eigenvalue weighted by molar-refractivity contribution is -0.142. The predicted octanol–water partition coefficient (Wildman–Crippen LogP) is 2.61. The van der Waals surface area contributed by atoms with E-state index >= 15 is 0 Å². The maximum Gasteiger partial charge on any atom is 0.228 e. The van der Waals surface area contributed by atoms with Crippen molar-refractivity contribution in [1.29, 1.82) is 0 Å². The molecule has 2 heterocycles. The number of nitrogens with zero attached hydrogens (tertiary/aromatic N) is 2. The Bertz CT molecular complexity index is 555. The smallest absolute Gasteiger partial charge is 0.228 e. The summed E-state index contributed by atoms with van der Waals surface area (Å²) in [5.74, 6) is 0.739. The summed E-state index contributed by atoms with van der Waals surface area (Å²) in [6.45, 7) is 9.01. The van der Waals surface area contributed by atoms with E-state index in [1.807, 2.05) is 44.7 Å². The number of rotatable bonds is 2. The van der Waals surface area contributed by atoms with Gasteiger partial charge in [0.2, 0.25) is 11.8 Å². The molecule has 1 N–H and O–H groups in total. The van der Waals surface area contributed by atoms with Gasteiger partial charge in [-0.05, 0) is 31.4 Å². The average molecular weight is 303 g/mol. The summed E-state index contributed by atoms with van der Waals surface area (Å²) in [6, 6.07) is 3.77. The fourth-order valence-electron chi connectivity index (χ4n) is 2.65. The molecule has 5 nitrogen and oxygen atoms in total. The quantitative estimate of drug-likeness (QED) is 0.913. The molecule has 0 aromatic carbocycles. The third-order valence-corrected chi connectivity index (χ3v) is 4.05. The van der Waals surface area contributed by atoms with Gasteiger partial charge in [0.1, 0.15) is 5.82 Å². The second kappa shape index (κ2) is 6.46. The first kappa shape index (κ1) is 16.5. The molecule has 0 unspecified atom stereocenters. The molecular weight excluding hydrogens is 278 g/mol. The molecule has 0 radical (unpaired) electrons. The molecule has 1 aliphatic heterocycles. The Labute approximate surface area is 132 Å². The van der Waals surface area contributed by atoms with Crippen molar-refractivity contribution >= 4 is 17.6 Å². The number of hydrogen-bond acceptors (Lipinski definition) is 3. The number of piperidine rings is 1. The summed E-state index contributed by atoms with van der Waals surface area (Å²) < 4.78 is 0. The second-order valence-electron chi connectivity index (χ2n) is 6.97. The van der Waals surface area contributed by atoms with Crippen LogP contribution < -0.4 is 5.32 Å². The van der Waals surface area contributed by atoms with Crippen LogP contribution in [0.5, 0.6) is 0 Å². The molecule has 22 heavy (non-hydrogen) atoms. The van der Waals surface area contributed by atoms with Crippen LogP contribution in [0, 0.1) is 18.3 Å². The standard InChI is InChI=1S/C17H25N3O2/c1-12-6-5-9-18-14(12)19-15(21)13-7-10-20(11-8-13)16(22)17(2,3)4/h5-6,9,13H,7-8,10-11H2,1-4H3,(H,18,19,21). The van der Waals surface area contributed by atoms with Crippen LogP contribution in [0.2, 0.25) is 0 Å². The van der Waals surface area contributed by atoms with Crippen LogP contribution in [-0.4, -0.2) is 34.8 Å². The fraction of sp³-hybridized carbons (Fsp3) is 0.588. The van der Waals surface area contributed by atoms with Crippen LogP contribution in [0.1, 0.15) is 39.2 Å². The average Bonchev–Trinajstić information content (AvgIpc) is 2.48. The highest BCUT2D eigenvalue weighted by Gasteiger charge is 2.32. The maximum absolute atomic E-state index is 12.3. The summed E-state index contributed by atoms with van der Waals surface area (Å²) in [5.41, 5.74) is 0.594. The molecule has 0 aliphatic carbocycles. The van der Waals surface area contributed by atoms with Crippen molar-refractivity contribution in [2.45, 2.75) is 40.5 Å². The van der Waals surface area contributed by atoms with Gasteiger partial charge < -0.3 is 10.2 Å². The SMILES string of the molecule is Cc1cccnc1NC(=O)C1CCN(C(=O)C(C)(C)C)CC1. The van der Waals surface area contributed by atoms with Crippen LogP contribution in [0.15, 0.2) is 18.3 Å². The molecule has 0 atom stereocenters. The van der Waals surface area contributed by atoms with Crippen molar-refractivity contribution in [2.75, 3.05) is 18.4 Å². The number of nitrogens with one attached hydrogen (secondary N) is 1. The van der Waals surface area contributed by atoms with Gasteiger partial charge in [0.15, 0.2) is 0 Å². The Kier molecular flexibility index (Phi) is 4.84. The molecule has 1 saturated heterocycles. The van der Waals surface area contributed by atoms with Crippen LogP contribution in [0.3, 0.4) is 0 Å². The Morgan fingerprint density at radius 1 is 1.27 bits per heavy atom. The fourth-order valence-corrected chi connectivity index (χ4v) is 2.65. The minimum Gasteiger partial charge on any atom is -0.342 e. The van der Waals surface area contributed by atoms with E-state index < -0.39 is 0 Å². The molecule has 1 fully saturated rings. The van der Waals surface area contributed by atoms with Gasteiger partial charge in [-0.2, -0.15) is 0 Å². The molecule has 120 valence electrons. The van der Waals surface area contributed by atoms with Crippen molar-refractivity contribution in [3.05, 3.63) is 23.9 Å². The zero-order valence-electron chi connectivity index (χ0n) is 13.8. The minimum absolute atomic E-state index is 0.00431. The molecule has 0 bridgehead atoms. The molecule has 2 amide bonds. The number of likely N-dealkylation sites (tertiary alicyclic amines) is 1. The minimum atomic E-state index is -0.361. The molecule has 1 aromatic heterocycles. The molecule has 0 spiro atoms. The number of pyridine rings is 1. The third-order valence-electron chi connectivity index (χ3n) is 4.05. The van der Waals surface area contributed by atoms with E-state index in [0.717, 1.165) is 5.56 Å². The number of aryl methyl sites for hydroxylation is 1. The van der Waals surface area contributed by atoms with Gasteiger partial charge in [-0.15, -0.1) is 0 Å². The largest absolute Gasteiger partial charge is 0.342 e. The van der Waals surface area contributed by atoms with Crippen LogP contribution in [0.4, 0.5) is 5.82 Å². The normalized spacial score (nSPS) is 16.5. The predicted molar refractivity (Wildman–Crippen MR) is 86.4 cm³/mol. The highest BCUT2D eigenvalue weighted by Crippen LogP contribution is 2.24. The third kappa shape index (κ3) is 3.84. The van der Waals surface area contributed by atoms with Crippen LogP contribution >= 0.6 is 0 Å². The molecule has 1 aromatic rings. The van der Waals surface area contributed by atoms with Crippen molar-refractivity contribution in [2.24, 2.45) is 11.3 Å². The van der Waals surface area contributed by atoms with Crippen LogP contribution in [-0.2, 0) is 9.59 Å². The molecule has 0 saturated carbocycles. The van der Waals surface area contributed by atoms with Gasteiger partial charge in [-0.25, -0.2) is 4.98 Å². The number of anilines is 1. The lowest BCUT2D eigenvalue weighted by Crippen LogP contribution is -2.45. The lowest BCUT2D eigenvalue weighted by Gasteiger charge is -2.35. The zero-order valence-corrected chi connectivity index (χ0v) is 13.8. The summed E-state index contributed by atoms with van der Waals surface area (Å²) >= 11 is 0. The van der Waals surface area contributed by atoms with E-state index in [-0.39, 0.29) is 23.1 Å².